The molecule has 0 amide bonds. The largest absolute Gasteiger partial charge is 0.542 e. The molecule has 0 aromatic carbocycles. The highest BCUT2D eigenvalue weighted by Crippen LogP contribution is 2.25. The Morgan fingerprint density at radius 1 is 1.35 bits per heavy atom. The molecule has 7 heteroatoms. The zero-order valence-electron chi connectivity index (χ0n) is 12.9. The Balaban J connectivity index is 1.73. The molecule has 2 aromatic heterocycles. The fourth-order valence-electron chi connectivity index (χ4n) is 2.51. The lowest BCUT2D eigenvalue weighted by Crippen LogP contribution is -2.21. The first kappa shape index (κ1) is 15.9. The summed E-state index contributed by atoms with van der Waals surface area (Å²) < 4.78 is 5.20. The van der Waals surface area contributed by atoms with Crippen LogP contribution in [0.1, 0.15) is 41.8 Å². The molecule has 0 spiro atoms. The first-order valence-corrected chi connectivity index (χ1v) is 8.70. The van der Waals surface area contributed by atoms with E-state index in [0.29, 0.717) is 16.7 Å². The Bertz CT molecular complexity index is 696. The number of carbonyl (C=O) groups is 1. The van der Waals surface area contributed by atoms with Gasteiger partial charge in [0, 0.05) is 24.8 Å². The average Bonchev–Trinajstić information content (AvgIpc) is 3.24. The fourth-order valence-corrected chi connectivity index (χ4v) is 3.28. The predicted molar refractivity (Wildman–Crippen MR) is 85.5 cm³/mol. The third-order valence-electron chi connectivity index (χ3n) is 3.74. The van der Waals surface area contributed by atoms with Crippen molar-refractivity contribution in [3.8, 4) is 0 Å². The van der Waals surface area contributed by atoms with E-state index in [1.54, 1.807) is 6.07 Å². The van der Waals surface area contributed by atoms with Gasteiger partial charge in [-0.3, -0.25) is 0 Å². The minimum absolute atomic E-state index is 0.151. The van der Waals surface area contributed by atoms with Crippen LogP contribution >= 0.6 is 11.8 Å². The van der Waals surface area contributed by atoms with E-state index in [1.807, 2.05) is 0 Å². The van der Waals surface area contributed by atoms with Crippen LogP contribution in [0.2, 0.25) is 0 Å². The third kappa shape index (κ3) is 3.85. The van der Waals surface area contributed by atoms with E-state index >= 15 is 0 Å². The highest BCUT2D eigenvalue weighted by molar-refractivity contribution is 7.98. The van der Waals surface area contributed by atoms with Crippen molar-refractivity contribution in [1.29, 1.82) is 0 Å². The maximum absolute atomic E-state index is 10.7. The third-order valence-corrected chi connectivity index (χ3v) is 4.61. The maximum atomic E-state index is 10.7. The molecular formula is C16H18N3O3S-. The summed E-state index contributed by atoms with van der Waals surface area (Å²) in [5.41, 5.74) is 1.01. The SMILES string of the molecule is CCc1cc(N2CCCC2)nc(SCc2ccc(C(=O)[O-])o2)n1. The van der Waals surface area contributed by atoms with Crippen molar-refractivity contribution in [3.05, 3.63) is 35.4 Å². The number of nitrogens with zero attached hydrogens (tertiary/aromatic N) is 3. The van der Waals surface area contributed by atoms with Gasteiger partial charge in [-0.05, 0) is 31.4 Å². The van der Waals surface area contributed by atoms with Gasteiger partial charge in [0.1, 0.15) is 23.3 Å². The van der Waals surface area contributed by atoms with Crippen molar-refractivity contribution in [2.24, 2.45) is 0 Å². The van der Waals surface area contributed by atoms with Crippen molar-refractivity contribution in [3.63, 3.8) is 0 Å². The molecule has 0 aliphatic carbocycles. The van der Waals surface area contributed by atoms with Gasteiger partial charge in [0.05, 0.1) is 5.75 Å². The average molecular weight is 332 g/mol. The Labute approximate surface area is 138 Å². The zero-order valence-corrected chi connectivity index (χ0v) is 13.8. The van der Waals surface area contributed by atoms with E-state index in [0.717, 1.165) is 31.0 Å². The van der Waals surface area contributed by atoms with Crippen LogP contribution in [-0.4, -0.2) is 29.0 Å². The van der Waals surface area contributed by atoms with Gasteiger partial charge in [0.25, 0.3) is 0 Å². The van der Waals surface area contributed by atoms with Gasteiger partial charge in [-0.2, -0.15) is 0 Å². The molecule has 122 valence electrons. The molecule has 2 aromatic rings. The van der Waals surface area contributed by atoms with E-state index in [1.165, 1.54) is 30.7 Å². The van der Waals surface area contributed by atoms with Gasteiger partial charge in [-0.25, -0.2) is 9.97 Å². The van der Waals surface area contributed by atoms with Crippen LogP contribution in [0.15, 0.2) is 27.8 Å². The van der Waals surface area contributed by atoms with Crippen molar-refractivity contribution in [2.45, 2.75) is 37.1 Å². The molecular weight excluding hydrogens is 314 g/mol. The summed E-state index contributed by atoms with van der Waals surface area (Å²) in [6, 6.07) is 5.10. The summed E-state index contributed by atoms with van der Waals surface area (Å²) in [4.78, 5) is 22.2. The topological polar surface area (TPSA) is 82.3 Å². The summed E-state index contributed by atoms with van der Waals surface area (Å²) in [7, 11) is 0. The monoisotopic (exact) mass is 332 g/mol. The van der Waals surface area contributed by atoms with Gasteiger partial charge in [-0.1, -0.05) is 18.7 Å². The molecule has 0 radical (unpaired) electrons. The van der Waals surface area contributed by atoms with Crippen LogP contribution in [0.5, 0.6) is 0 Å². The number of furan rings is 1. The number of aromatic nitrogens is 2. The minimum Gasteiger partial charge on any atom is -0.542 e. The quantitative estimate of drug-likeness (QED) is 0.590. The van der Waals surface area contributed by atoms with Crippen LogP contribution in [0.3, 0.4) is 0 Å². The molecule has 3 heterocycles. The summed E-state index contributed by atoms with van der Waals surface area (Å²) in [5, 5.41) is 11.4. The molecule has 0 saturated carbocycles. The van der Waals surface area contributed by atoms with Crippen molar-refractivity contribution >= 4 is 23.5 Å². The van der Waals surface area contributed by atoms with Gasteiger partial charge in [-0.15, -0.1) is 0 Å². The van der Waals surface area contributed by atoms with Crippen LogP contribution in [0, 0.1) is 0 Å². The van der Waals surface area contributed by atoms with Crippen molar-refractivity contribution in [2.75, 3.05) is 18.0 Å². The van der Waals surface area contributed by atoms with Crippen molar-refractivity contribution in [1.82, 2.24) is 9.97 Å². The fraction of sp³-hybridized carbons (Fsp3) is 0.438. The smallest absolute Gasteiger partial charge is 0.190 e. The number of carbonyl (C=O) groups excluding carboxylic acids is 1. The molecule has 1 aliphatic heterocycles. The normalized spacial score (nSPS) is 14.4. The second-order valence-corrected chi connectivity index (χ2v) is 6.33. The van der Waals surface area contributed by atoms with Gasteiger partial charge >= 0.3 is 0 Å². The van der Waals surface area contributed by atoms with Crippen molar-refractivity contribution < 1.29 is 14.3 Å². The lowest BCUT2D eigenvalue weighted by molar-refractivity contribution is -0.257. The lowest BCUT2D eigenvalue weighted by atomic mass is 10.3. The number of hydrogen-bond donors (Lipinski definition) is 0. The second-order valence-electron chi connectivity index (χ2n) is 5.39. The standard InChI is InChI=1S/C16H19N3O3S/c1-2-11-9-14(19-7-3-4-8-19)18-16(17-11)23-10-12-5-6-13(22-12)15(20)21/h5-6,9H,2-4,7-8,10H2,1H3,(H,20,21)/p-1. The maximum Gasteiger partial charge on any atom is 0.190 e. The van der Waals surface area contributed by atoms with Crippen LogP contribution in [0.25, 0.3) is 0 Å². The first-order chi connectivity index (χ1) is 11.2. The molecule has 3 rings (SSSR count). The van der Waals surface area contributed by atoms with E-state index < -0.39 is 5.97 Å². The molecule has 23 heavy (non-hydrogen) atoms. The van der Waals surface area contributed by atoms with Gasteiger partial charge in [0.2, 0.25) is 0 Å². The zero-order chi connectivity index (χ0) is 16.2. The summed E-state index contributed by atoms with van der Waals surface area (Å²) >= 11 is 1.45. The number of aromatic carboxylic acids is 1. The molecule has 0 unspecified atom stereocenters. The molecule has 6 nitrogen and oxygen atoms in total. The molecule has 0 N–H and O–H groups in total. The lowest BCUT2D eigenvalue weighted by Gasteiger charge is -2.17. The highest BCUT2D eigenvalue weighted by atomic mass is 32.2. The Hall–Kier alpha value is -2.02. The van der Waals surface area contributed by atoms with E-state index in [2.05, 4.69) is 27.9 Å². The number of aryl methyl sites for hydroxylation is 1. The summed E-state index contributed by atoms with van der Waals surface area (Å²) in [6.07, 6.45) is 3.26. The minimum atomic E-state index is -1.30. The number of anilines is 1. The van der Waals surface area contributed by atoms with Crippen LogP contribution in [-0.2, 0) is 12.2 Å². The first-order valence-electron chi connectivity index (χ1n) is 7.71. The van der Waals surface area contributed by atoms with Crippen LogP contribution in [0.4, 0.5) is 5.82 Å². The van der Waals surface area contributed by atoms with E-state index in [9.17, 15) is 9.90 Å². The molecule has 1 fully saturated rings. The Morgan fingerprint density at radius 2 is 2.13 bits per heavy atom. The molecule has 1 saturated heterocycles. The number of hydrogen-bond acceptors (Lipinski definition) is 7. The Kier molecular flexibility index (Phi) is 4.85. The van der Waals surface area contributed by atoms with Gasteiger partial charge in [0.15, 0.2) is 5.16 Å². The number of carboxylic acids is 1. The predicted octanol–water partition coefficient (Wildman–Crippen LogP) is 1.89. The van der Waals surface area contributed by atoms with E-state index in [-0.39, 0.29) is 5.76 Å². The summed E-state index contributed by atoms with van der Waals surface area (Å²) in [5.74, 6) is 0.581. The van der Waals surface area contributed by atoms with Gasteiger partial charge < -0.3 is 19.2 Å². The van der Waals surface area contributed by atoms with Crippen LogP contribution < -0.4 is 10.0 Å². The highest BCUT2D eigenvalue weighted by Gasteiger charge is 2.16. The number of rotatable bonds is 6. The Morgan fingerprint density at radius 3 is 2.78 bits per heavy atom. The molecule has 0 bridgehead atoms. The number of thioether (sulfide) groups is 1. The second kappa shape index (κ2) is 7.04. The summed E-state index contributed by atoms with van der Waals surface area (Å²) in [6.45, 7) is 4.15. The molecule has 0 atom stereocenters. The van der Waals surface area contributed by atoms with E-state index in [4.69, 9.17) is 4.42 Å². The molecule has 1 aliphatic rings. The number of carboxylic acid groups (broad SMARTS) is 1.